The molecule has 3 aromatic rings. The number of benzene rings is 1. The number of rotatable bonds is 5. The topological polar surface area (TPSA) is 93.0 Å². The zero-order valence-electron chi connectivity index (χ0n) is 17.4. The summed E-state index contributed by atoms with van der Waals surface area (Å²) in [4.78, 5) is 45.6. The highest BCUT2D eigenvalue weighted by atomic mass is 16.2. The first-order valence-electron chi connectivity index (χ1n) is 10.4. The molecule has 0 bridgehead atoms. The van der Waals surface area contributed by atoms with Crippen molar-refractivity contribution < 1.29 is 4.79 Å². The highest BCUT2D eigenvalue weighted by Gasteiger charge is 2.24. The summed E-state index contributed by atoms with van der Waals surface area (Å²) in [6, 6.07) is 8.13. The lowest BCUT2D eigenvalue weighted by atomic mass is 9.96. The zero-order valence-corrected chi connectivity index (χ0v) is 17.4. The minimum Gasteiger partial charge on any atom is -0.343 e. The van der Waals surface area contributed by atoms with Gasteiger partial charge in [0.25, 0.3) is 5.56 Å². The Kier molecular flexibility index (Phi) is 5.57. The van der Waals surface area contributed by atoms with Crippen LogP contribution in [0.25, 0.3) is 11.0 Å². The minimum atomic E-state index is -0.430. The summed E-state index contributed by atoms with van der Waals surface area (Å²) in [5, 5.41) is 0. The standard InChI is InChI=1S/C22H27N5O3/c1-15-17(21(29)25(2)22(30)24-15)7-8-20(28)26-11-9-16(10-12-26)13-27-14-23-18-5-3-4-6-19(18)27/h3-6,14,16H,7-13H2,1-2H3,(H,24,30). The molecule has 0 spiro atoms. The van der Waals surface area contributed by atoms with Crippen molar-refractivity contribution in [1.82, 2.24) is 24.0 Å². The van der Waals surface area contributed by atoms with Crippen LogP contribution in [0.1, 0.15) is 30.5 Å². The summed E-state index contributed by atoms with van der Waals surface area (Å²) in [6.07, 6.45) is 4.43. The molecule has 0 radical (unpaired) electrons. The molecule has 2 aromatic heterocycles. The van der Waals surface area contributed by atoms with Crippen LogP contribution in [0, 0.1) is 12.8 Å². The van der Waals surface area contributed by atoms with Crippen molar-refractivity contribution in [3.05, 3.63) is 62.7 Å². The van der Waals surface area contributed by atoms with E-state index in [1.807, 2.05) is 29.4 Å². The number of hydrogen-bond donors (Lipinski definition) is 1. The van der Waals surface area contributed by atoms with Gasteiger partial charge >= 0.3 is 5.69 Å². The maximum absolute atomic E-state index is 12.7. The highest BCUT2D eigenvalue weighted by molar-refractivity contribution is 5.76. The first-order chi connectivity index (χ1) is 14.4. The van der Waals surface area contributed by atoms with E-state index in [-0.39, 0.29) is 17.9 Å². The van der Waals surface area contributed by atoms with E-state index in [1.165, 1.54) is 7.05 Å². The number of hydrogen-bond acceptors (Lipinski definition) is 4. The Balaban J connectivity index is 1.32. The van der Waals surface area contributed by atoms with Crippen LogP contribution in [0.5, 0.6) is 0 Å². The van der Waals surface area contributed by atoms with E-state index in [0.717, 1.165) is 48.1 Å². The molecule has 1 aliphatic heterocycles. The van der Waals surface area contributed by atoms with Crippen molar-refractivity contribution in [1.29, 1.82) is 0 Å². The van der Waals surface area contributed by atoms with Gasteiger partial charge in [0.05, 0.1) is 17.4 Å². The number of imidazole rings is 1. The molecule has 158 valence electrons. The number of amides is 1. The molecule has 1 amide bonds. The number of aryl methyl sites for hydroxylation is 1. The number of aromatic nitrogens is 4. The number of H-pyrrole nitrogens is 1. The van der Waals surface area contributed by atoms with Crippen molar-refractivity contribution in [3.8, 4) is 0 Å². The maximum Gasteiger partial charge on any atom is 0.328 e. The van der Waals surface area contributed by atoms with Gasteiger partial charge in [0.1, 0.15) is 0 Å². The van der Waals surface area contributed by atoms with E-state index < -0.39 is 5.69 Å². The SMILES string of the molecule is Cc1[nH]c(=O)n(C)c(=O)c1CCC(=O)N1CCC(Cn2cnc3ccccc32)CC1. The van der Waals surface area contributed by atoms with Crippen LogP contribution in [-0.4, -0.2) is 43.0 Å². The fourth-order valence-electron chi connectivity index (χ4n) is 4.26. The van der Waals surface area contributed by atoms with E-state index in [2.05, 4.69) is 20.6 Å². The van der Waals surface area contributed by atoms with Crippen molar-refractivity contribution in [2.24, 2.45) is 13.0 Å². The van der Waals surface area contributed by atoms with Crippen LogP contribution in [0.4, 0.5) is 0 Å². The van der Waals surface area contributed by atoms with E-state index in [9.17, 15) is 14.4 Å². The van der Waals surface area contributed by atoms with Gasteiger partial charge in [-0.25, -0.2) is 9.78 Å². The van der Waals surface area contributed by atoms with Crippen LogP contribution in [0.15, 0.2) is 40.2 Å². The molecule has 0 atom stereocenters. The number of carbonyl (C=O) groups excluding carboxylic acids is 1. The summed E-state index contributed by atoms with van der Waals surface area (Å²) < 4.78 is 3.25. The van der Waals surface area contributed by atoms with Gasteiger partial charge in [-0.05, 0) is 44.2 Å². The quantitative estimate of drug-likeness (QED) is 0.693. The fourth-order valence-corrected chi connectivity index (χ4v) is 4.26. The zero-order chi connectivity index (χ0) is 21.3. The molecule has 1 N–H and O–H groups in total. The number of nitrogens with zero attached hydrogens (tertiary/aromatic N) is 4. The predicted molar refractivity (Wildman–Crippen MR) is 114 cm³/mol. The second-order valence-corrected chi connectivity index (χ2v) is 8.11. The summed E-state index contributed by atoms with van der Waals surface area (Å²) in [5.74, 6) is 0.578. The van der Waals surface area contributed by atoms with Gasteiger partial charge in [0.2, 0.25) is 5.91 Å². The van der Waals surface area contributed by atoms with Crippen LogP contribution in [0.2, 0.25) is 0 Å². The van der Waals surface area contributed by atoms with E-state index in [0.29, 0.717) is 23.6 Å². The molecule has 0 saturated carbocycles. The van der Waals surface area contributed by atoms with Crippen LogP contribution < -0.4 is 11.2 Å². The molecule has 1 fully saturated rings. The van der Waals surface area contributed by atoms with Crippen molar-refractivity contribution >= 4 is 16.9 Å². The summed E-state index contributed by atoms with van der Waals surface area (Å²) >= 11 is 0. The van der Waals surface area contributed by atoms with Gasteiger partial charge in [0.15, 0.2) is 0 Å². The number of aromatic amines is 1. The number of para-hydroxylation sites is 2. The second-order valence-electron chi connectivity index (χ2n) is 8.11. The molecule has 8 heteroatoms. The number of nitrogens with one attached hydrogen (secondary N) is 1. The summed E-state index contributed by atoms with van der Waals surface area (Å²) in [5.41, 5.74) is 2.45. The lowest BCUT2D eigenvalue weighted by molar-refractivity contribution is -0.132. The molecule has 1 aromatic carbocycles. The highest BCUT2D eigenvalue weighted by Crippen LogP contribution is 2.22. The van der Waals surface area contributed by atoms with Crippen LogP contribution in [-0.2, 0) is 24.8 Å². The van der Waals surface area contributed by atoms with E-state index in [1.54, 1.807) is 6.92 Å². The Morgan fingerprint density at radius 3 is 2.70 bits per heavy atom. The van der Waals surface area contributed by atoms with Gasteiger partial charge in [-0.3, -0.25) is 14.2 Å². The normalized spacial score (nSPS) is 15.1. The molecule has 30 heavy (non-hydrogen) atoms. The molecular weight excluding hydrogens is 382 g/mol. The maximum atomic E-state index is 12.7. The molecule has 0 aliphatic carbocycles. The van der Waals surface area contributed by atoms with Gasteiger partial charge in [0, 0.05) is 44.4 Å². The predicted octanol–water partition coefficient (Wildman–Crippen LogP) is 1.60. The molecule has 3 heterocycles. The van der Waals surface area contributed by atoms with Crippen molar-refractivity contribution in [2.45, 2.75) is 39.2 Å². The number of carbonyl (C=O) groups is 1. The third-order valence-electron chi connectivity index (χ3n) is 6.15. The largest absolute Gasteiger partial charge is 0.343 e. The van der Waals surface area contributed by atoms with E-state index in [4.69, 9.17) is 0 Å². The minimum absolute atomic E-state index is 0.0641. The van der Waals surface area contributed by atoms with Crippen molar-refractivity contribution in [2.75, 3.05) is 13.1 Å². The Hall–Kier alpha value is -3.16. The average Bonchev–Trinajstić information content (AvgIpc) is 3.15. The van der Waals surface area contributed by atoms with Crippen molar-refractivity contribution in [3.63, 3.8) is 0 Å². The Morgan fingerprint density at radius 2 is 1.93 bits per heavy atom. The molecule has 4 rings (SSSR count). The number of fused-ring (bicyclic) bond motifs is 1. The lowest BCUT2D eigenvalue weighted by Gasteiger charge is -2.32. The van der Waals surface area contributed by atoms with Gasteiger partial charge in [-0.2, -0.15) is 0 Å². The molecule has 1 aliphatic rings. The second kappa shape index (κ2) is 8.30. The summed E-state index contributed by atoms with van der Waals surface area (Å²) in [6.45, 7) is 4.08. The Morgan fingerprint density at radius 1 is 1.20 bits per heavy atom. The van der Waals surface area contributed by atoms with E-state index >= 15 is 0 Å². The van der Waals surface area contributed by atoms with Crippen LogP contribution >= 0.6 is 0 Å². The third kappa shape index (κ3) is 3.94. The lowest BCUT2D eigenvalue weighted by Crippen LogP contribution is -2.40. The Labute approximate surface area is 174 Å². The first kappa shape index (κ1) is 20.1. The van der Waals surface area contributed by atoms with Crippen LogP contribution in [0.3, 0.4) is 0 Å². The molecule has 1 saturated heterocycles. The number of piperidine rings is 1. The van der Waals surface area contributed by atoms with Gasteiger partial charge < -0.3 is 14.5 Å². The molecule has 8 nitrogen and oxygen atoms in total. The first-order valence-corrected chi connectivity index (χ1v) is 10.4. The number of likely N-dealkylation sites (tertiary alicyclic amines) is 1. The average molecular weight is 409 g/mol. The molecular formula is C22H27N5O3. The molecule has 0 unspecified atom stereocenters. The monoisotopic (exact) mass is 409 g/mol. The fraction of sp³-hybridized carbons (Fsp3) is 0.455. The Bertz CT molecular complexity index is 1180. The smallest absolute Gasteiger partial charge is 0.328 e. The van der Waals surface area contributed by atoms with Gasteiger partial charge in [-0.15, -0.1) is 0 Å². The third-order valence-corrected chi connectivity index (χ3v) is 6.15. The summed E-state index contributed by atoms with van der Waals surface area (Å²) in [7, 11) is 1.44. The van der Waals surface area contributed by atoms with Gasteiger partial charge in [-0.1, -0.05) is 12.1 Å².